The number of halogens is 1. The van der Waals surface area contributed by atoms with E-state index < -0.39 is 0 Å². The van der Waals surface area contributed by atoms with Crippen LogP contribution in [0.25, 0.3) is 10.1 Å². The summed E-state index contributed by atoms with van der Waals surface area (Å²) >= 11 is 7.05. The summed E-state index contributed by atoms with van der Waals surface area (Å²) in [6, 6.07) is 12.7. The highest BCUT2D eigenvalue weighted by molar-refractivity contribution is 9.10. The van der Waals surface area contributed by atoms with Crippen LogP contribution in [0.1, 0.15) is 15.8 Å². The molecule has 0 amide bonds. The molecule has 1 aromatic carbocycles. The Morgan fingerprint density at radius 3 is 2.72 bits per heavy atom. The molecule has 2 heterocycles. The Bertz CT molecular complexity index is 641. The van der Waals surface area contributed by atoms with Gasteiger partial charge in [-0.2, -0.15) is 0 Å². The average molecular weight is 339 g/mol. The normalized spacial score (nSPS) is 13.0. The van der Waals surface area contributed by atoms with Crippen LogP contribution < -0.4 is 11.3 Å². The standard InChI is InChI=1S/C13H11BrN2S2/c14-9-5-6-17-13(9)12(16-15)11-7-8-3-1-2-4-10(8)18-11/h1-7,12,16H,15H2. The van der Waals surface area contributed by atoms with E-state index in [2.05, 4.69) is 63.1 Å². The highest BCUT2D eigenvalue weighted by Crippen LogP contribution is 2.37. The van der Waals surface area contributed by atoms with Crippen molar-refractivity contribution in [2.24, 2.45) is 5.84 Å². The molecule has 0 fully saturated rings. The van der Waals surface area contributed by atoms with Gasteiger partial charge in [0, 0.05) is 18.9 Å². The van der Waals surface area contributed by atoms with E-state index in [1.165, 1.54) is 19.8 Å². The maximum absolute atomic E-state index is 5.73. The minimum absolute atomic E-state index is 0.0526. The summed E-state index contributed by atoms with van der Waals surface area (Å²) in [5.74, 6) is 5.73. The largest absolute Gasteiger partial charge is 0.271 e. The topological polar surface area (TPSA) is 38.0 Å². The predicted molar refractivity (Wildman–Crippen MR) is 83.0 cm³/mol. The number of hydrazine groups is 1. The zero-order chi connectivity index (χ0) is 12.5. The van der Waals surface area contributed by atoms with Gasteiger partial charge in [0.25, 0.3) is 0 Å². The number of nitrogens with one attached hydrogen (secondary N) is 1. The number of benzene rings is 1. The summed E-state index contributed by atoms with van der Waals surface area (Å²) in [5.41, 5.74) is 2.91. The van der Waals surface area contributed by atoms with Crippen molar-refractivity contribution in [3.05, 3.63) is 56.0 Å². The Labute approximate surface area is 122 Å². The fourth-order valence-electron chi connectivity index (χ4n) is 1.94. The molecule has 3 N–H and O–H groups in total. The third-order valence-electron chi connectivity index (χ3n) is 2.80. The molecule has 18 heavy (non-hydrogen) atoms. The lowest BCUT2D eigenvalue weighted by molar-refractivity contribution is 0.655. The lowest BCUT2D eigenvalue weighted by Gasteiger charge is -2.12. The van der Waals surface area contributed by atoms with Crippen molar-refractivity contribution in [3.8, 4) is 0 Å². The van der Waals surface area contributed by atoms with Gasteiger partial charge in [0.1, 0.15) is 0 Å². The molecule has 2 nitrogen and oxygen atoms in total. The van der Waals surface area contributed by atoms with E-state index in [0.717, 1.165) is 4.47 Å². The molecule has 3 aromatic rings. The number of fused-ring (bicyclic) bond motifs is 1. The summed E-state index contributed by atoms with van der Waals surface area (Å²) in [4.78, 5) is 2.45. The van der Waals surface area contributed by atoms with Crippen LogP contribution in [0.15, 0.2) is 46.3 Å². The molecule has 0 aliphatic carbocycles. The summed E-state index contributed by atoms with van der Waals surface area (Å²) in [5, 5.41) is 3.34. The molecule has 0 radical (unpaired) electrons. The summed E-state index contributed by atoms with van der Waals surface area (Å²) in [7, 11) is 0. The van der Waals surface area contributed by atoms with Crippen LogP contribution in [-0.2, 0) is 0 Å². The molecule has 1 atom stereocenters. The van der Waals surface area contributed by atoms with Crippen molar-refractivity contribution in [2.75, 3.05) is 0 Å². The predicted octanol–water partition coefficient (Wildman–Crippen LogP) is 4.28. The number of nitrogens with two attached hydrogens (primary N) is 1. The Kier molecular flexibility index (Phi) is 3.50. The Morgan fingerprint density at radius 1 is 1.22 bits per heavy atom. The smallest absolute Gasteiger partial charge is 0.0906 e. The molecule has 0 spiro atoms. The number of hydrogen-bond donors (Lipinski definition) is 2. The van der Waals surface area contributed by atoms with Gasteiger partial charge in [0.15, 0.2) is 0 Å². The minimum atomic E-state index is 0.0526. The third-order valence-corrected chi connectivity index (χ3v) is 5.92. The van der Waals surface area contributed by atoms with Gasteiger partial charge in [-0.1, -0.05) is 18.2 Å². The van der Waals surface area contributed by atoms with Crippen LogP contribution in [0, 0.1) is 0 Å². The summed E-state index contributed by atoms with van der Waals surface area (Å²) in [6.45, 7) is 0. The van der Waals surface area contributed by atoms with E-state index in [1.807, 2.05) is 0 Å². The van der Waals surface area contributed by atoms with Gasteiger partial charge in [0.05, 0.1) is 6.04 Å². The SMILES string of the molecule is NNC(c1cc2ccccc2s1)c1sccc1Br. The Morgan fingerprint density at radius 2 is 2.06 bits per heavy atom. The van der Waals surface area contributed by atoms with E-state index in [1.54, 1.807) is 22.7 Å². The van der Waals surface area contributed by atoms with Gasteiger partial charge in [-0.25, -0.2) is 5.43 Å². The molecule has 0 aliphatic rings. The molecule has 0 aliphatic heterocycles. The van der Waals surface area contributed by atoms with E-state index in [4.69, 9.17) is 5.84 Å². The second-order valence-electron chi connectivity index (χ2n) is 3.92. The second kappa shape index (κ2) is 5.11. The fraction of sp³-hybridized carbons (Fsp3) is 0.0769. The zero-order valence-electron chi connectivity index (χ0n) is 9.39. The maximum atomic E-state index is 5.73. The monoisotopic (exact) mass is 338 g/mol. The lowest BCUT2D eigenvalue weighted by atomic mass is 10.2. The van der Waals surface area contributed by atoms with E-state index in [0.29, 0.717) is 0 Å². The van der Waals surface area contributed by atoms with Crippen LogP contribution >= 0.6 is 38.6 Å². The van der Waals surface area contributed by atoms with Crippen LogP contribution in [-0.4, -0.2) is 0 Å². The molecule has 5 heteroatoms. The average Bonchev–Trinajstić information content (AvgIpc) is 2.97. The molecule has 0 saturated carbocycles. The van der Waals surface area contributed by atoms with Crippen LogP contribution in [0.3, 0.4) is 0 Å². The third kappa shape index (κ3) is 2.13. The highest BCUT2D eigenvalue weighted by Gasteiger charge is 2.18. The zero-order valence-corrected chi connectivity index (χ0v) is 12.6. The summed E-state index contributed by atoms with van der Waals surface area (Å²) < 4.78 is 2.40. The first-order chi connectivity index (χ1) is 8.79. The molecule has 92 valence electrons. The van der Waals surface area contributed by atoms with Crippen molar-refractivity contribution in [2.45, 2.75) is 6.04 Å². The molecule has 2 aromatic heterocycles. The molecule has 3 rings (SSSR count). The van der Waals surface area contributed by atoms with Gasteiger partial charge < -0.3 is 0 Å². The number of hydrogen-bond acceptors (Lipinski definition) is 4. The van der Waals surface area contributed by atoms with Gasteiger partial charge in [-0.05, 0) is 44.9 Å². The van der Waals surface area contributed by atoms with Crippen LogP contribution in [0.2, 0.25) is 0 Å². The highest BCUT2D eigenvalue weighted by atomic mass is 79.9. The van der Waals surface area contributed by atoms with Crippen molar-refractivity contribution in [1.82, 2.24) is 5.43 Å². The first-order valence-electron chi connectivity index (χ1n) is 5.47. The Balaban J connectivity index is 2.09. The molecular weight excluding hydrogens is 328 g/mol. The van der Waals surface area contributed by atoms with Crippen molar-refractivity contribution >= 4 is 48.7 Å². The molecule has 0 saturated heterocycles. The molecule has 1 unspecified atom stereocenters. The first-order valence-corrected chi connectivity index (χ1v) is 7.96. The molecular formula is C13H11BrN2S2. The summed E-state index contributed by atoms with van der Waals surface area (Å²) in [6.07, 6.45) is 0. The first kappa shape index (κ1) is 12.3. The van der Waals surface area contributed by atoms with Crippen molar-refractivity contribution < 1.29 is 0 Å². The van der Waals surface area contributed by atoms with Crippen LogP contribution in [0.5, 0.6) is 0 Å². The van der Waals surface area contributed by atoms with Gasteiger partial charge in [-0.3, -0.25) is 5.84 Å². The van der Waals surface area contributed by atoms with E-state index in [9.17, 15) is 0 Å². The second-order valence-corrected chi connectivity index (χ2v) is 6.84. The maximum Gasteiger partial charge on any atom is 0.0906 e. The van der Waals surface area contributed by atoms with Gasteiger partial charge >= 0.3 is 0 Å². The van der Waals surface area contributed by atoms with Crippen molar-refractivity contribution in [3.63, 3.8) is 0 Å². The van der Waals surface area contributed by atoms with E-state index in [-0.39, 0.29) is 6.04 Å². The lowest BCUT2D eigenvalue weighted by Crippen LogP contribution is -2.27. The van der Waals surface area contributed by atoms with E-state index >= 15 is 0 Å². The number of rotatable bonds is 3. The number of thiophene rings is 2. The molecule has 0 bridgehead atoms. The quantitative estimate of drug-likeness (QED) is 0.552. The minimum Gasteiger partial charge on any atom is -0.271 e. The fourth-order valence-corrected chi connectivity index (χ4v) is 4.83. The van der Waals surface area contributed by atoms with Gasteiger partial charge in [-0.15, -0.1) is 22.7 Å². The van der Waals surface area contributed by atoms with Gasteiger partial charge in [0.2, 0.25) is 0 Å². The van der Waals surface area contributed by atoms with Crippen LogP contribution in [0.4, 0.5) is 0 Å². The Hall–Kier alpha value is -0.720. The van der Waals surface area contributed by atoms with Crippen molar-refractivity contribution in [1.29, 1.82) is 0 Å².